The maximum absolute atomic E-state index is 12.8. The summed E-state index contributed by atoms with van der Waals surface area (Å²) in [5.41, 5.74) is 13.3. The summed E-state index contributed by atoms with van der Waals surface area (Å²) >= 11 is 2.76. The van der Waals surface area contributed by atoms with Crippen molar-refractivity contribution < 1.29 is 66.8 Å². The van der Waals surface area contributed by atoms with Gasteiger partial charge in [0.15, 0.2) is 0 Å². The zero-order valence-corrected chi connectivity index (χ0v) is 39.4. The number of fused-ring (bicyclic) bond motifs is 2. The number of hydrogen-bond donors (Lipinski definition) is 4. The van der Waals surface area contributed by atoms with Gasteiger partial charge in [0.25, 0.3) is 0 Å². The van der Waals surface area contributed by atoms with Gasteiger partial charge in [0, 0.05) is 23.3 Å². The summed E-state index contributed by atoms with van der Waals surface area (Å²) in [7, 11) is 0. The predicted molar refractivity (Wildman–Crippen MR) is 237 cm³/mol. The summed E-state index contributed by atoms with van der Waals surface area (Å²) in [6, 6.07) is 12.4. The van der Waals surface area contributed by atoms with E-state index in [2.05, 4.69) is 20.1 Å². The van der Waals surface area contributed by atoms with E-state index in [0.717, 1.165) is 0 Å². The first-order chi connectivity index (χ1) is 30.1. The van der Waals surface area contributed by atoms with E-state index in [1.165, 1.54) is 47.2 Å². The lowest BCUT2D eigenvalue weighted by atomic mass is 9.95. The van der Waals surface area contributed by atoms with Gasteiger partial charge in [-0.3, -0.25) is 19.2 Å². The number of hydrogen-bond acceptors (Lipinski definition) is 18. The molecule has 6 rings (SSSR count). The van der Waals surface area contributed by atoms with Gasteiger partial charge in [-0.25, -0.2) is 19.2 Å². The van der Waals surface area contributed by atoms with Gasteiger partial charge in [-0.15, -0.1) is 35.9 Å². The predicted octanol–water partition coefficient (Wildman–Crippen LogP) is 3.01. The highest BCUT2D eigenvalue weighted by Crippen LogP contribution is 2.52. The number of thioether (sulfide) groups is 2. The van der Waals surface area contributed by atoms with Crippen LogP contribution in [0.15, 0.2) is 60.7 Å². The van der Waals surface area contributed by atoms with Crippen molar-refractivity contribution in [2.24, 2.45) is 11.5 Å². The first-order valence-electron chi connectivity index (χ1n) is 20.4. The average Bonchev–Trinajstić information content (AvgIpc) is 3.65. The normalized spacial score (nSPS) is 24.7. The molecule has 0 bridgehead atoms. The molecule has 0 spiro atoms. The maximum atomic E-state index is 12.8. The molecule has 4 amide bonds. The summed E-state index contributed by atoms with van der Waals surface area (Å²) in [6.07, 6.45) is -4.28. The van der Waals surface area contributed by atoms with Gasteiger partial charge in [0.2, 0.25) is 36.2 Å². The first kappa shape index (κ1) is 52.3. The van der Waals surface area contributed by atoms with Crippen LogP contribution in [0.3, 0.4) is 0 Å². The summed E-state index contributed by atoms with van der Waals surface area (Å²) in [5.74, 6) is -3.17. The van der Waals surface area contributed by atoms with Crippen LogP contribution in [0.2, 0.25) is 0 Å². The highest BCUT2D eigenvalue weighted by atomic mass is 35.5. The fourth-order valence-electron chi connectivity index (χ4n) is 7.44. The minimum absolute atomic E-state index is 0. The second-order valence-electron chi connectivity index (χ2n) is 15.9. The quantitative estimate of drug-likeness (QED) is 0.0917. The Morgan fingerprint density at radius 2 is 0.938 bits per heavy atom. The topological polar surface area (TPSA) is 275 Å². The van der Waals surface area contributed by atoms with Crippen LogP contribution in [0, 0.1) is 0 Å². The molecule has 4 saturated heterocycles. The Hall–Kier alpha value is -5.29. The Kier molecular flexibility index (Phi) is 17.6. The molecule has 4 fully saturated rings. The lowest BCUT2D eigenvalue weighted by molar-refractivity contribution is -0.181. The van der Waals surface area contributed by atoms with Crippen LogP contribution in [0.4, 0.5) is 9.59 Å². The molecule has 6 N–H and O–H groups in total. The molecule has 0 radical (unpaired) electrons. The number of nitrogens with two attached hydrogens (primary N) is 2. The number of nitrogens with one attached hydrogen (secondary N) is 2. The van der Waals surface area contributed by atoms with E-state index in [1.807, 2.05) is 12.1 Å². The number of carbonyl (C=O) groups excluding carboxylic acids is 8. The molecule has 356 valence electrons. The molecular formula is C42H55ClN6O14S2. The number of β-lactam (4-membered cyclic amide) rings is 2. The molecule has 4 heterocycles. The van der Waals surface area contributed by atoms with Gasteiger partial charge in [-0.05, 0) is 52.7 Å². The van der Waals surface area contributed by atoms with Gasteiger partial charge < -0.3 is 60.3 Å². The summed E-state index contributed by atoms with van der Waals surface area (Å²) in [4.78, 5) is 102. The van der Waals surface area contributed by atoms with Crippen LogP contribution in [0.1, 0.15) is 78.6 Å². The maximum Gasteiger partial charge on any atom is 0.511 e. The van der Waals surface area contributed by atoms with Crippen molar-refractivity contribution in [3.8, 4) is 0 Å². The number of carbonyl (C=O) groups is 8. The summed E-state index contributed by atoms with van der Waals surface area (Å²) < 4.78 is 28.1. The van der Waals surface area contributed by atoms with Crippen molar-refractivity contribution in [1.82, 2.24) is 20.4 Å². The zero-order chi connectivity index (χ0) is 47.3. The fraction of sp³-hybridized carbons (Fsp3) is 0.524. The molecule has 2 aromatic carbocycles. The molecular weight excluding hydrogens is 912 g/mol. The van der Waals surface area contributed by atoms with E-state index in [9.17, 15) is 38.4 Å². The number of rotatable bonds is 14. The minimum Gasteiger partial charge on any atom is -0.435 e. The van der Waals surface area contributed by atoms with Gasteiger partial charge >= 0.3 is 24.2 Å². The highest BCUT2D eigenvalue weighted by Gasteiger charge is 2.66. The Bertz CT molecular complexity index is 1940. The molecule has 0 aliphatic carbocycles. The lowest BCUT2D eigenvalue weighted by Crippen LogP contribution is -2.71. The molecule has 23 heteroatoms. The number of amides is 4. The molecule has 2 aromatic rings. The first-order valence-corrected chi connectivity index (χ1v) is 22.2. The molecule has 2 unspecified atom stereocenters. The highest BCUT2D eigenvalue weighted by molar-refractivity contribution is 8.02. The third-order valence-corrected chi connectivity index (χ3v) is 13.6. The molecule has 0 aromatic heterocycles. The number of esters is 2. The van der Waals surface area contributed by atoms with Gasteiger partial charge in [0.1, 0.15) is 47.0 Å². The van der Waals surface area contributed by atoms with E-state index >= 15 is 0 Å². The van der Waals surface area contributed by atoms with Crippen molar-refractivity contribution >= 4 is 83.8 Å². The van der Waals surface area contributed by atoms with Crippen LogP contribution in [0.25, 0.3) is 0 Å². The fourth-order valence-corrected chi connectivity index (χ4v) is 10.7. The smallest absolute Gasteiger partial charge is 0.435 e. The third kappa shape index (κ3) is 11.8. The van der Waals surface area contributed by atoms with Crippen LogP contribution in [-0.2, 0) is 57.2 Å². The third-order valence-electron chi connectivity index (χ3n) is 10.4. The van der Waals surface area contributed by atoms with Crippen LogP contribution < -0.4 is 22.1 Å². The number of halogens is 1. The number of ether oxygens (including phenoxy) is 6. The second-order valence-corrected chi connectivity index (χ2v) is 19.4. The Labute approximate surface area is 390 Å². The summed E-state index contributed by atoms with van der Waals surface area (Å²) in [6.45, 7) is 13.5. The zero-order valence-electron chi connectivity index (χ0n) is 37.0. The number of nitrogens with zero attached hydrogens (tertiary/aromatic N) is 2. The van der Waals surface area contributed by atoms with E-state index in [-0.39, 0.29) is 25.6 Å². The van der Waals surface area contributed by atoms with Crippen LogP contribution in [0.5, 0.6) is 0 Å². The van der Waals surface area contributed by atoms with Crippen LogP contribution in [-0.4, -0.2) is 128 Å². The molecule has 10 atom stereocenters. The van der Waals surface area contributed by atoms with Crippen molar-refractivity contribution in [2.45, 2.75) is 124 Å². The monoisotopic (exact) mass is 966 g/mol. The molecule has 4 aliphatic heterocycles. The van der Waals surface area contributed by atoms with Gasteiger partial charge in [-0.2, -0.15) is 0 Å². The van der Waals surface area contributed by atoms with E-state index in [4.69, 9.17) is 30.4 Å². The van der Waals surface area contributed by atoms with Gasteiger partial charge in [0.05, 0.1) is 13.2 Å². The van der Waals surface area contributed by atoms with Crippen LogP contribution >= 0.6 is 35.9 Å². The molecule has 0 saturated carbocycles. The Morgan fingerprint density at radius 1 is 0.615 bits per heavy atom. The van der Waals surface area contributed by atoms with E-state index in [0.29, 0.717) is 11.1 Å². The SMILES string of the molecule is CCOC(=O)OC(C)OC(=O)[C@@H]1N2C(=O)[C@@H](NC(=O)[C@H](N)c3ccccc3)[C@H]2SC1(C)C.CCOC(=O)OC(C)OC(=O)[C@@H]1N2C(=O)[C@@H](NC(=O)[C@H](N)c3ccccc3)[C@H]2SC1(C)C.Cl. The average molecular weight is 968 g/mol. The Morgan fingerprint density at radius 3 is 1.25 bits per heavy atom. The minimum atomic E-state index is -1.18. The largest absolute Gasteiger partial charge is 0.511 e. The molecule has 65 heavy (non-hydrogen) atoms. The van der Waals surface area contributed by atoms with E-state index in [1.54, 1.807) is 90.1 Å². The van der Waals surface area contributed by atoms with Crippen molar-refractivity contribution in [3.05, 3.63) is 71.8 Å². The van der Waals surface area contributed by atoms with Gasteiger partial charge in [-0.1, -0.05) is 60.7 Å². The summed E-state index contributed by atoms with van der Waals surface area (Å²) in [5, 5.41) is 4.52. The standard InChI is InChI=1S/2C21H27N3O7S.ClH/c2*1-5-29-20(28)31-11(2)30-19(27)15-21(3,4)32-18-14(17(26)24(15)18)23-16(25)13(22)12-9-7-6-8-10-12;/h2*6-11,13-15,18H,5,22H2,1-4H3,(H,23,25);1H/t2*11?,13-,14-,15+,18-;/m11./s1. The van der Waals surface area contributed by atoms with Crippen molar-refractivity contribution in [3.63, 3.8) is 0 Å². The Balaban J connectivity index is 0.000000280. The van der Waals surface area contributed by atoms with E-state index < -0.39 is 117 Å². The second kappa shape index (κ2) is 21.8. The lowest BCUT2D eigenvalue weighted by Gasteiger charge is -2.44. The molecule has 4 aliphatic rings. The van der Waals surface area contributed by atoms with Crippen molar-refractivity contribution in [2.75, 3.05) is 13.2 Å². The molecule has 20 nitrogen and oxygen atoms in total. The van der Waals surface area contributed by atoms with Crippen molar-refractivity contribution in [1.29, 1.82) is 0 Å². The number of benzene rings is 2.